The highest BCUT2D eigenvalue weighted by Gasteiger charge is 2.18. The normalized spacial score (nSPS) is 10.8. The highest BCUT2D eigenvalue weighted by atomic mass is 16.5. The SMILES string of the molecule is CCCc1c(O)ccc2nc(C(=O)OCC)oc12. The van der Waals surface area contributed by atoms with Gasteiger partial charge in [-0.15, -0.1) is 0 Å². The number of rotatable bonds is 4. The Balaban J connectivity index is 2.50. The Kier molecular flexibility index (Phi) is 3.50. The molecule has 1 heterocycles. The van der Waals surface area contributed by atoms with Crippen molar-refractivity contribution in [2.24, 2.45) is 0 Å². The molecule has 0 bridgehead atoms. The number of phenols is 1. The second-order valence-electron chi connectivity index (χ2n) is 3.90. The zero-order chi connectivity index (χ0) is 13.1. The third-order valence-corrected chi connectivity index (χ3v) is 2.59. The van der Waals surface area contributed by atoms with Crippen molar-refractivity contribution in [1.29, 1.82) is 0 Å². The fourth-order valence-electron chi connectivity index (χ4n) is 1.81. The van der Waals surface area contributed by atoms with Crippen LogP contribution in [0.15, 0.2) is 16.5 Å². The minimum Gasteiger partial charge on any atom is -0.508 e. The molecule has 1 aromatic carbocycles. The van der Waals surface area contributed by atoms with E-state index in [-0.39, 0.29) is 18.2 Å². The van der Waals surface area contributed by atoms with Crippen molar-refractivity contribution in [2.45, 2.75) is 26.7 Å². The molecule has 5 heteroatoms. The quantitative estimate of drug-likeness (QED) is 0.843. The molecule has 0 atom stereocenters. The van der Waals surface area contributed by atoms with Crippen LogP contribution in [0, 0.1) is 0 Å². The van der Waals surface area contributed by atoms with Gasteiger partial charge >= 0.3 is 11.9 Å². The number of hydrogen-bond acceptors (Lipinski definition) is 5. The number of ether oxygens (including phenoxy) is 1. The first-order chi connectivity index (χ1) is 8.67. The van der Waals surface area contributed by atoms with Crippen molar-refractivity contribution in [2.75, 3.05) is 6.61 Å². The number of oxazole rings is 1. The van der Waals surface area contributed by atoms with Gasteiger partial charge in [0, 0.05) is 5.56 Å². The van der Waals surface area contributed by atoms with Crippen LogP contribution < -0.4 is 0 Å². The summed E-state index contributed by atoms with van der Waals surface area (Å²) in [5, 5.41) is 9.79. The van der Waals surface area contributed by atoms with Crippen molar-refractivity contribution < 1.29 is 19.1 Å². The first kappa shape index (κ1) is 12.4. The van der Waals surface area contributed by atoms with Crippen LogP contribution in [0.2, 0.25) is 0 Å². The number of carbonyl (C=O) groups excluding carboxylic acids is 1. The van der Waals surface area contributed by atoms with Gasteiger partial charge in [-0.25, -0.2) is 9.78 Å². The topological polar surface area (TPSA) is 72.6 Å². The van der Waals surface area contributed by atoms with E-state index in [2.05, 4.69) is 4.98 Å². The standard InChI is InChI=1S/C13H15NO4/c1-3-5-8-10(15)7-6-9-11(8)18-12(14-9)13(16)17-4-2/h6-7,15H,3-5H2,1-2H3. The van der Waals surface area contributed by atoms with Crippen molar-refractivity contribution >= 4 is 17.1 Å². The average Bonchev–Trinajstić information content (AvgIpc) is 2.77. The summed E-state index contributed by atoms with van der Waals surface area (Å²) >= 11 is 0. The van der Waals surface area contributed by atoms with Crippen molar-refractivity contribution in [3.8, 4) is 5.75 Å². The number of aryl methyl sites for hydroxylation is 1. The smallest absolute Gasteiger partial charge is 0.394 e. The van der Waals surface area contributed by atoms with Gasteiger partial charge in [0.05, 0.1) is 6.61 Å². The van der Waals surface area contributed by atoms with E-state index in [1.165, 1.54) is 0 Å². The highest BCUT2D eigenvalue weighted by Crippen LogP contribution is 2.29. The Morgan fingerprint density at radius 1 is 1.44 bits per heavy atom. The maximum atomic E-state index is 11.5. The summed E-state index contributed by atoms with van der Waals surface area (Å²) in [7, 11) is 0. The largest absolute Gasteiger partial charge is 0.508 e. The van der Waals surface area contributed by atoms with Gasteiger partial charge in [-0.05, 0) is 25.5 Å². The summed E-state index contributed by atoms with van der Waals surface area (Å²) < 4.78 is 10.2. The van der Waals surface area contributed by atoms with Crippen LogP contribution >= 0.6 is 0 Å². The van der Waals surface area contributed by atoms with Gasteiger partial charge in [0.25, 0.3) is 0 Å². The first-order valence-electron chi connectivity index (χ1n) is 5.95. The lowest BCUT2D eigenvalue weighted by Crippen LogP contribution is -2.04. The summed E-state index contributed by atoms with van der Waals surface area (Å²) in [6, 6.07) is 3.18. The Labute approximate surface area is 104 Å². The molecule has 0 aliphatic heterocycles. The predicted molar refractivity (Wildman–Crippen MR) is 65.6 cm³/mol. The molecule has 1 aromatic heterocycles. The molecule has 2 rings (SSSR count). The average molecular weight is 249 g/mol. The molecule has 2 aromatic rings. The van der Waals surface area contributed by atoms with Crippen LogP contribution in [0.5, 0.6) is 5.75 Å². The van der Waals surface area contributed by atoms with E-state index in [1.807, 2.05) is 6.92 Å². The van der Waals surface area contributed by atoms with Crippen LogP contribution in [0.4, 0.5) is 0 Å². The van der Waals surface area contributed by atoms with Crippen molar-refractivity contribution in [3.63, 3.8) is 0 Å². The number of aromatic nitrogens is 1. The van der Waals surface area contributed by atoms with E-state index in [1.54, 1.807) is 19.1 Å². The number of nitrogens with zero attached hydrogens (tertiary/aromatic N) is 1. The highest BCUT2D eigenvalue weighted by molar-refractivity contribution is 5.89. The van der Waals surface area contributed by atoms with E-state index in [0.717, 1.165) is 6.42 Å². The van der Waals surface area contributed by atoms with Gasteiger partial charge in [0.1, 0.15) is 11.3 Å². The lowest BCUT2D eigenvalue weighted by Gasteiger charge is -2.02. The molecule has 0 aliphatic rings. The molecular formula is C13H15NO4. The Morgan fingerprint density at radius 2 is 2.22 bits per heavy atom. The number of fused-ring (bicyclic) bond motifs is 1. The van der Waals surface area contributed by atoms with Gasteiger partial charge < -0.3 is 14.3 Å². The van der Waals surface area contributed by atoms with Gasteiger partial charge in [-0.2, -0.15) is 0 Å². The van der Waals surface area contributed by atoms with Gasteiger partial charge in [0.15, 0.2) is 5.58 Å². The fourth-order valence-corrected chi connectivity index (χ4v) is 1.81. The summed E-state index contributed by atoms with van der Waals surface area (Å²) in [6.45, 7) is 3.99. The molecule has 0 fully saturated rings. The van der Waals surface area contributed by atoms with Crippen LogP contribution in [-0.4, -0.2) is 22.7 Å². The van der Waals surface area contributed by atoms with Crippen molar-refractivity contribution in [3.05, 3.63) is 23.6 Å². The summed E-state index contributed by atoms with van der Waals surface area (Å²) in [5.41, 5.74) is 1.69. The fraction of sp³-hybridized carbons (Fsp3) is 0.385. The number of aromatic hydroxyl groups is 1. The van der Waals surface area contributed by atoms with E-state index < -0.39 is 5.97 Å². The van der Waals surface area contributed by atoms with Crippen LogP contribution in [-0.2, 0) is 11.2 Å². The molecule has 0 saturated heterocycles. The molecule has 0 unspecified atom stereocenters. The molecule has 0 spiro atoms. The number of phenolic OH excluding ortho intramolecular Hbond substituents is 1. The Morgan fingerprint density at radius 3 is 2.89 bits per heavy atom. The lowest BCUT2D eigenvalue weighted by atomic mass is 10.1. The summed E-state index contributed by atoms with van der Waals surface area (Å²) in [6.07, 6.45) is 1.53. The van der Waals surface area contributed by atoms with Gasteiger partial charge in [0.2, 0.25) is 0 Å². The van der Waals surface area contributed by atoms with Crippen LogP contribution in [0.1, 0.15) is 36.5 Å². The minimum atomic E-state index is -0.587. The molecule has 5 nitrogen and oxygen atoms in total. The van der Waals surface area contributed by atoms with E-state index >= 15 is 0 Å². The summed E-state index contributed by atoms with van der Waals surface area (Å²) in [5.74, 6) is -0.499. The molecule has 96 valence electrons. The zero-order valence-electron chi connectivity index (χ0n) is 10.4. The second kappa shape index (κ2) is 5.08. The van der Waals surface area contributed by atoms with Crippen LogP contribution in [0.3, 0.4) is 0 Å². The monoisotopic (exact) mass is 249 g/mol. The molecule has 0 radical (unpaired) electrons. The number of hydrogen-bond donors (Lipinski definition) is 1. The molecule has 1 N–H and O–H groups in total. The zero-order valence-corrected chi connectivity index (χ0v) is 10.4. The maximum Gasteiger partial charge on any atom is 0.394 e. The predicted octanol–water partition coefficient (Wildman–Crippen LogP) is 2.66. The Bertz CT molecular complexity index is 574. The maximum absolute atomic E-state index is 11.5. The first-order valence-corrected chi connectivity index (χ1v) is 5.95. The second-order valence-corrected chi connectivity index (χ2v) is 3.90. The number of esters is 1. The molecule has 18 heavy (non-hydrogen) atoms. The number of benzene rings is 1. The molecule has 0 amide bonds. The number of carbonyl (C=O) groups is 1. The Hall–Kier alpha value is -2.04. The minimum absolute atomic E-state index is 0.0743. The molecule has 0 aliphatic carbocycles. The van der Waals surface area contributed by atoms with Crippen molar-refractivity contribution in [1.82, 2.24) is 4.98 Å². The van der Waals surface area contributed by atoms with E-state index in [9.17, 15) is 9.90 Å². The van der Waals surface area contributed by atoms with Gasteiger partial charge in [-0.3, -0.25) is 0 Å². The molecule has 0 saturated carbocycles. The van der Waals surface area contributed by atoms with Gasteiger partial charge in [-0.1, -0.05) is 13.3 Å². The summed E-state index contributed by atoms with van der Waals surface area (Å²) in [4.78, 5) is 15.6. The molecular weight excluding hydrogens is 234 g/mol. The van der Waals surface area contributed by atoms with E-state index in [0.29, 0.717) is 23.1 Å². The third kappa shape index (κ3) is 2.16. The van der Waals surface area contributed by atoms with E-state index in [4.69, 9.17) is 9.15 Å². The third-order valence-electron chi connectivity index (χ3n) is 2.59. The lowest BCUT2D eigenvalue weighted by molar-refractivity contribution is 0.0483. The van der Waals surface area contributed by atoms with Crippen LogP contribution in [0.25, 0.3) is 11.1 Å².